The highest BCUT2D eigenvalue weighted by atomic mass is 16.5. The molecular formula is C14H24N4O. The predicted octanol–water partition coefficient (Wildman–Crippen LogP) is 1.97. The molecule has 1 saturated heterocycles. The first-order chi connectivity index (χ1) is 9.20. The maximum absolute atomic E-state index is 5.71. The summed E-state index contributed by atoms with van der Waals surface area (Å²) in [6.07, 6.45) is 6.42. The van der Waals surface area contributed by atoms with Crippen LogP contribution in [0.15, 0.2) is 12.4 Å². The normalized spacial score (nSPS) is 19.8. The molecule has 1 aliphatic heterocycles. The quantitative estimate of drug-likeness (QED) is 0.881. The minimum atomic E-state index is 0.129. The third kappa shape index (κ3) is 3.80. The molecule has 0 aromatic carbocycles. The van der Waals surface area contributed by atoms with E-state index in [1.165, 1.54) is 19.3 Å². The number of anilines is 1. The van der Waals surface area contributed by atoms with Crippen molar-refractivity contribution in [3.05, 3.63) is 12.4 Å². The fourth-order valence-corrected chi connectivity index (χ4v) is 2.59. The molecule has 5 nitrogen and oxygen atoms in total. The second-order valence-electron chi connectivity index (χ2n) is 5.30. The number of piperidine rings is 1. The summed E-state index contributed by atoms with van der Waals surface area (Å²) >= 11 is 0. The van der Waals surface area contributed by atoms with E-state index in [4.69, 9.17) is 10.5 Å². The van der Waals surface area contributed by atoms with Crippen LogP contribution in [0.25, 0.3) is 0 Å². The number of nitrogens with zero attached hydrogens (tertiary/aromatic N) is 3. The lowest BCUT2D eigenvalue weighted by Gasteiger charge is -2.36. The monoisotopic (exact) mass is 264 g/mol. The molecular weight excluding hydrogens is 240 g/mol. The lowest BCUT2D eigenvalue weighted by molar-refractivity contribution is 0.232. The molecule has 0 saturated carbocycles. The van der Waals surface area contributed by atoms with Gasteiger partial charge in [-0.05, 0) is 46.1 Å². The average molecular weight is 264 g/mol. The van der Waals surface area contributed by atoms with Gasteiger partial charge in [0.15, 0.2) is 0 Å². The van der Waals surface area contributed by atoms with Crippen LogP contribution in [0.5, 0.6) is 5.88 Å². The minimum Gasteiger partial charge on any atom is -0.475 e. The van der Waals surface area contributed by atoms with Crippen molar-refractivity contribution in [1.82, 2.24) is 9.97 Å². The van der Waals surface area contributed by atoms with Gasteiger partial charge in [-0.2, -0.15) is 0 Å². The van der Waals surface area contributed by atoms with Gasteiger partial charge in [-0.1, -0.05) is 0 Å². The van der Waals surface area contributed by atoms with E-state index in [1.807, 2.05) is 19.9 Å². The highest BCUT2D eigenvalue weighted by molar-refractivity contribution is 5.42. The third-order valence-corrected chi connectivity index (χ3v) is 3.41. The highest BCUT2D eigenvalue weighted by Gasteiger charge is 2.23. The van der Waals surface area contributed by atoms with Gasteiger partial charge in [-0.25, -0.2) is 9.97 Å². The zero-order chi connectivity index (χ0) is 13.7. The van der Waals surface area contributed by atoms with Crippen LogP contribution in [0.2, 0.25) is 0 Å². The zero-order valence-electron chi connectivity index (χ0n) is 11.9. The molecule has 2 rings (SSSR count). The van der Waals surface area contributed by atoms with Gasteiger partial charge in [-0.3, -0.25) is 0 Å². The molecule has 1 aromatic heterocycles. The number of hydrogen-bond acceptors (Lipinski definition) is 5. The molecule has 0 spiro atoms. The van der Waals surface area contributed by atoms with Crippen molar-refractivity contribution < 1.29 is 4.74 Å². The van der Waals surface area contributed by atoms with Gasteiger partial charge < -0.3 is 15.4 Å². The number of ether oxygens (including phenoxy) is 1. The molecule has 0 bridgehead atoms. The average Bonchev–Trinajstić information content (AvgIpc) is 2.39. The van der Waals surface area contributed by atoms with Gasteiger partial charge in [0.25, 0.3) is 0 Å². The van der Waals surface area contributed by atoms with Crippen LogP contribution in [-0.2, 0) is 0 Å². The Morgan fingerprint density at radius 2 is 2.26 bits per heavy atom. The molecule has 2 N–H and O–H groups in total. The zero-order valence-corrected chi connectivity index (χ0v) is 11.9. The van der Waals surface area contributed by atoms with Crippen molar-refractivity contribution in [2.24, 2.45) is 5.73 Å². The molecule has 19 heavy (non-hydrogen) atoms. The number of hydrogen-bond donors (Lipinski definition) is 1. The molecule has 0 radical (unpaired) electrons. The van der Waals surface area contributed by atoms with E-state index in [1.54, 1.807) is 6.33 Å². The fourth-order valence-electron chi connectivity index (χ4n) is 2.59. The van der Waals surface area contributed by atoms with Crippen molar-refractivity contribution in [3.63, 3.8) is 0 Å². The van der Waals surface area contributed by atoms with Crippen LogP contribution < -0.4 is 15.4 Å². The van der Waals surface area contributed by atoms with E-state index < -0.39 is 0 Å². The van der Waals surface area contributed by atoms with Gasteiger partial charge >= 0.3 is 0 Å². The van der Waals surface area contributed by atoms with Crippen molar-refractivity contribution in [2.45, 2.75) is 51.7 Å². The molecule has 1 fully saturated rings. The lowest BCUT2D eigenvalue weighted by atomic mass is 9.99. The van der Waals surface area contributed by atoms with E-state index in [-0.39, 0.29) is 6.10 Å². The molecule has 5 heteroatoms. The smallest absolute Gasteiger partial charge is 0.218 e. The Hall–Kier alpha value is -1.36. The summed E-state index contributed by atoms with van der Waals surface area (Å²) in [5.41, 5.74) is 5.71. The summed E-state index contributed by atoms with van der Waals surface area (Å²) in [6, 6.07) is 2.44. The molecule has 1 unspecified atom stereocenters. The van der Waals surface area contributed by atoms with E-state index >= 15 is 0 Å². The van der Waals surface area contributed by atoms with Gasteiger partial charge in [0.2, 0.25) is 5.88 Å². The molecule has 1 aromatic rings. The van der Waals surface area contributed by atoms with Gasteiger partial charge in [0.05, 0.1) is 6.10 Å². The first-order valence-electron chi connectivity index (χ1n) is 7.16. The summed E-state index contributed by atoms with van der Waals surface area (Å²) in [5, 5.41) is 0. The Morgan fingerprint density at radius 1 is 1.42 bits per heavy atom. The van der Waals surface area contributed by atoms with Gasteiger partial charge in [-0.15, -0.1) is 0 Å². The number of nitrogens with two attached hydrogens (primary N) is 1. The number of aromatic nitrogens is 2. The largest absolute Gasteiger partial charge is 0.475 e. The second kappa shape index (κ2) is 6.70. The summed E-state index contributed by atoms with van der Waals surface area (Å²) < 4.78 is 5.64. The highest BCUT2D eigenvalue weighted by Crippen LogP contribution is 2.26. The van der Waals surface area contributed by atoms with Crippen LogP contribution in [0.4, 0.5) is 5.82 Å². The topological polar surface area (TPSA) is 64.3 Å². The Bertz CT molecular complexity index is 395. The van der Waals surface area contributed by atoms with E-state index in [0.717, 1.165) is 25.3 Å². The Balaban J connectivity index is 2.14. The molecule has 0 aliphatic carbocycles. The maximum Gasteiger partial charge on any atom is 0.218 e. The molecule has 106 valence electrons. The van der Waals surface area contributed by atoms with Crippen molar-refractivity contribution in [2.75, 3.05) is 18.0 Å². The van der Waals surface area contributed by atoms with Crippen LogP contribution in [0.3, 0.4) is 0 Å². The van der Waals surface area contributed by atoms with Crippen molar-refractivity contribution in [3.8, 4) is 5.88 Å². The van der Waals surface area contributed by atoms with E-state index in [0.29, 0.717) is 11.9 Å². The van der Waals surface area contributed by atoms with Crippen molar-refractivity contribution in [1.29, 1.82) is 0 Å². The predicted molar refractivity (Wildman–Crippen MR) is 76.5 cm³/mol. The van der Waals surface area contributed by atoms with E-state index in [9.17, 15) is 0 Å². The Kier molecular flexibility index (Phi) is 4.96. The van der Waals surface area contributed by atoms with Crippen molar-refractivity contribution >= 4 is 5.82 Å². The summed E-state index contributed by atoms with van der Waals surface area (Å²) in [6.45, 7) is 5.77. The summed E-state index contributed by atoms with van der Waals surface area (Å²) in [5.74, 6) is 1.61. The van der Waals surface area contributed by atoms with Crippen LogP contribution in [-0.4, -0.2) is 35.2 Å². The third-order valence-electron chi connectivity index (χ3n) is 3.41. The molecule has 0 amide bonds. The van der Waals surface area contributed by atoms with Gasteiger partial charge in [0.1, 0.15) is 12.1 Å². The SMILES string of the molecule is CC(C)Oc1cc(N2CCCCC2CCN)ncn1. The first kappa shape index (κ1) is 14.1. The molecule has 2 heterocycles. The standard InChI is InChI=1S/C14H24N4O/c1-11(2)19-14-9-13(16-10-17-14)18-8-4-3-5-12(18)6-7-15/h9-12H,3-8,15H2,1-2H3. The Morgan fingerprint density at radius 3 is 3.00 bits per heavy atom. The number of rotatable bonds is 5. The van der Waals surface area contributed by atoms with Crippen LogP contribution in [0, 0.1) is 0 Å². The maximum atomic E-state index is 5.71. The summed E-state index contributed by atoms with van der Waals surface area (Å²) in [4.78, 5) is 10.9. The second-order valence-corrected chi connectivity index (χ2v) is 5.30. The summed E-state index contributed by atoms with van der Waals surface area (Å²) in [7, 11) is 0. The molecule has 1 aliphatic rings. The van der Waals surface area contributed by atoms with Crippen LogP contribution >= 0.6 is 0 Å². The van der Waals surface area contributed by atoms with E-state index in [2.05, 4.69) is 14.9 Å². The Labute approximate surface area is 115 Å². The molecule has 1 atom stereocenters. The van der Waals surface area contributed by atoms with Crippen LogP contribution in [0.1, 0.15) is 39.5 Å². The van der Waals surface area contributed by atoms with Gasteiger partial charge in [0, 0.05) is 18.7 Å². The first-order valence-corrected chi connectivity index (χ1v) is 7.16. The minimum absolute atomic E-state index is 0.129. The lowest BCUT2D eigenvalue weighted by Crippen LogP contribution is -2.41. The fraction of sp³-hybridized carbons (Fsp3) is 0.714.